The zero-order valence-electron chi connectivity index (χ0n) is 12.1. The molecule has 2 aromatic carbocycles. The van der Waals surface area contributed by atoms with E-state index in [1.807, 2.05) is 12.1 Å². The van der Waals surface area contributed by atoms with E-state index in [-0.39, 0.29) is 0 Å². The third-order valence-corrected chi connectivity index (χ3v) is 3.69. The molecule has 0 radical (unpaired) electrons. The van der Waals surface area contributed by atoms with Gasteiger partial charge in [0.2, 0.25) is 5.90 Å². The number of nitrogens with zero attached hydrogens (tertiary/aromatic N) is 2. The molecule has 2 rings (SSSR count). The summed E-state index contributed by atoms with van der Waals surface area (Å²) in [5, 5.41) is 25.6. The Hall–Kier alpha value is -2.24. The summed E-state index contributed by atoms with van der Waals surface area (Å²) in [6.07, 6.45) is -0.714. The van der Waals surface area contributed by atoms with E-state index in [2.05, 4.69) is 0 Å². The summed E-state index contributed by atoms with van der Waals surface area (Å²) in [6, 6.07) is 17.4. The molecular formula is C17H10Cl3N3O. The molecule has 0 spiro atoms. The average molecular weight is 379 g/mol. The predicted octanol–water partition coefficient (Wildman–Crippen LogP) is 4.88. The summed E-state index contributed by atoms with van der Waals surface area (Å²) in [7, 11) is 0. The Morgan fingerprint density at radius 2 is 1.25 bits per heavy atom. The summed E-state index contributed by atoms with van der Waals surface area (Å²) < 4.78 is 3.57. The van der Waals surface area contributed by atoms with Crippen molar-refractivity contribution in [3.63, 3.8) is 0 Å². The molecule has 0 aliphatic rings. The Morgan fingerprint density at radius 3 is 1.54 bits per heavy atom. The SMILES string of the molecule is N#Cc1ccc(C(OC(=N)C(Cl)(Cl)Cl)c2ccc(C#N)cc2)cc1. The lowest BCUT2D eigenvalue weighted by Crippen LogP contribution is -2.24. The van der Waals surface area contributed by atoms with Crippen LogP contribution >= 0.6 is 34.8 Å². The van der Waals surface area contributed by atoms with E-state index < -0.39 is 15.8 Å². The van der Waals surface area contributed by atoms with Crippen molar-refractivity contribution in [3.8, 4) is 12.1 Å². The number of nitriles is 2. The van der Waals surface area contributed by atoms with Gasteiger partial charge in [-0.1, -0.05) is 59.1 Å². The molecule has 1 N–H and O–H groups in total. The highest BCUT2D eigenvalue weighted by atomic mass is 35.6. The fourth-order valence-electron chi connectivity index (χ4n) is 1.98. The van der Waals surface area contributed by atoms with Crippen molar-refractivity contribution in [2.24, 2.45) is 0 Å². The Morgan fingerprint density at radius 1 is 0.875 bits per heavy atom. The van der Waals surface area contributed by atoms with Gasteiger partial charge in [0.1, 0.15) is 0 Å². The van der Waals surface area contributed by atoms with Crippen LogP contribution in [-0.4, -0.2) is 9.69 Å². The molecule has 0 fully saturated rings. The van der Waals surface area contributed by atoms with Crippen molar-refractivity contribution < 1.29 is 4.74 Å². The highest BCUT2D eigenvalue weighted by Crippen LogP contribution is 2.33. The number of hydrogen-bond donors (Lipinski definition) is 1. The van der Waals surface area contributed by atoms with Crippen LogP contribution in [0.25, 0.3) is 0 Å². The average Bonchev–Trinajstić information content (AvgIpc) is 2.59. The van der Waals surface area contributed by atoms with Gasteiger partial charge >= 0.3 is 0 Å². The molecular weight excluding hydrogens is 369 g/mol. The maximum absolute atomic E-state index is 8.90. The maximum Gasteiger partial charge on any atom is 0.265 e. The van der Waals surface area contributed by atoms with Crippen LogP contribution in [0.2, 0.25) is 0 Å². The molecule has 0 amide bonds. The molecule has 0 bridgehead atoms. The van der Waals surface area contributed by atoms with Crippen LogP contribution in [0.4, 0.5) is 0 Å². The van der Waals surface area contributed by atoms with Crippen LogP contribution < -0.4 is 0 Å². The molecule has 7 heteroatoms. The fourth-order valence-corrected chi connectivity index (χ4v) is 2.11. The minimum absolute atomic E-state index is 0.494. The van der Waals surface area contributed by atoms with Crippen molar-refractivity contribution in [1.82, 2.24) is 0 Å². The van der Waals surface area contributed by atoms with E-state index in [1.165, 1.54) is 0 Å². The molecule has 0 aliphatic carbocycles. The van der Waals surface area contributed by atoms with Crippen LogP contribution in [0.3, 0.4) is 0 Å². The van der Waals surface area contributed by atoms with Crippen molar-refractivity contribution >= 4 is 40.7 Å². The van der Waals surface area contributed by atoms with Gasteiger partial charge in [-0.15, -0.1) is 0 Å². The second-order valence-corrected chi connectivity index (χ2v) is 7.07. The highest BCUT2D eigenvalue weighted by molar-refractivity contribution is 6.76. The Kier molecular flexibility index (Phi) is 5.70. The molecule has 0 saturated carbocycles. The summed E-state index contributed by atoms with van der Waals surface area (Å²) in [4.78, 5) is 0. The lowest BCUT2D eigenvalue weighted by molar-refractivity contribution is 0.226. The second-order valence-electron chi connectivity index (χ2n) is 4.79. The van der Waals surface area contributed by atoms with Gasteiger partial charge in [0.15, 0.2) is 6.10 Å². The summed E-state index contributed by atoms with van der Waals surface area (Å²) in [5.74, 6) is -0.522. The number of alkyl halides is 3. The number of hydrogen-bond acceptors (Lipinski definition) is 4. The smallest absolute Gasteiger partial charge is 0.265 e. The molecule has 0 unspecified atom stereocenters. The van der Waals surface area contributed by atoms with Crippen LogP contribution in [0, 0.1) is 28.1 Å². The van der Waals surface area contributed by atoms with E-state index in [0.29, 0.717) is 22.3 Å². The largest absolute Gasteiger partial charge is 0.465 e. The summed E-state index contributed by atoms with van der Waals surface area (Å²) >= 11 is 17.1. The van der Waals surface area contributed by atoms with E-state index in [1.54, 1.807) is 48.5 Å². The van der Waals surface area contributed by atoms with Gasteiger partial charge in [-0.05, 0) is 35.4 Å². The van der Waals surface area contributed by atoms with Crippen LogP contribution in [0.5, 0.6) is 0 Å². The maximum atomic E-state index is 8.90. The summed E-state index contributed by atoms with van der Waals surface area (Å²) in [5.41, 5.74) is 2.35. The van der Waals surface area contributed by atoms with Crippen molar-refractivity contribution in [2.75, 3.05) is 0 Å². The third kappa shape index (κ3) is 4.40. The van der Waals surface area contributed by atoms with E-state index >= 15 is 0 Å². The molecule has 2 aromatic rings. The second kappa shape index (κ2) is 7.55. The molecule has 120 valence electrons. The van der Waals surface area contributed by atoms with Gasteiger partial charge in [-0.25, -0.2) is 0 Å². The minimum Gasteiger partial charge on any atom is -0.465 e. The van der Waals surface area contributed by atoms with Gasteiger partial charge < -0.3 is 4.74 Å². The van der Waals surface area contributed by atoms with E-state index in [4.69, 9.17) is 55.5 Å². The predicted molar refractivity (Wildman–Crippen MR) is 93.3 cm³/mol. The molecule has 0 heterocycles. The molecule has 0 atom stereocenters. The molecule has 4 nitrogen and oxygen atoms in total. The van der Waals surface area contributed by atoms with Gasteiger partial charge in [0.05, 0.1) is 23.3 Å². The van der Waals surface area contributed by atoms with Crippen molar-refractivity contribution in [3.05, 3.63) is 70.8 Å². The minimum atomic E-state index is -1.99. The van der Waals surface area contributed by atoms with Gasteiger partial charge in [-0.3, -0.25) is 5.41 Å². The number of halogens is 3. The first kappa shape index (κ1) is 18.1. The zero-order valence-corrected chi connectivity index (χ0v) is 14.4. The topological polar surface area (TPSA) is 80.7 Å². The first-order chi connectivity index (χ1) is 11.3. The van der Waals surface area contributed by atoms with Gasteiger partial charge in [0, 0.05) is 0 Å². The molecule has 0 saturated heterocycles. The Labute approximate surface area is 154 Å². The normalized spacial score (nSPS) is 10.8. The molecule has 24 heavy (non-hydrogen) atoms. The van der Waals surface area contributed by atoms with Crippen LogP contribution in [-0.2, 0) is 4.74 Å². The van der Waals surface area contributed by atoms with Crippen molar-refractivity contribution in [1.29, 1.82) is 15.9 Å². The zero-order chi connectivity index (χ0) is 17.7. The highest BCUT2D eigenvalue weighted by Gasteiger charge is 2.31. The van der Waals surface area contributed by atoms with E-state index in [9.17, 15) is 0 Å². The van der Waals surface area contributed by atoms with Gasteiger partial charge in [-0.2, -0.15) is 10.5 Å². The summed E-state index contributed by atoms with van der Waals surface area (Å²) in [6.45, 7) is 0. The Bertz CT molecular complexity index is 755. The monoisotopic (exact) mass is 377 g/mol. The number of nitrogens with one attached hydrogen (secondary N) is 1. The Balaban J connectivity index is 2.41. The number of rotatable bonds is 3. The van der Waals surface area contributed by atoms with Crippen LogP contribution in [0.1, 0.15) is 28.4 Å². The molecule has 0 aromatic heterocycles. The number of benzene rings is 2. The van der Waals surface area contributed by atoms with E-state index in [0.717, 1.165) is 0 Å². The van der Waals surface area contributed by atoms with Gasteiger partial charge in [0.25, 0.3) is 3.79 Å². The molecule has 0 aliphatic heterocycles. The number of ether oxygens (including phenoxy) is 1. The first-order valence-corrected chi connectivity index (χ1v) is 7.81. The third-order valence-electron chi connectivity index (χ3n) is 3.18. The van der Waals surface area contributed by atoms with Crippen molar-refractivity contribution in [2.45, 2.75) is 9.90 Å². The fraction of sp³-hybridized carbons (Fsp3) is 0.118. The quantitative estimate of drug-likeness (QED) is 0.469. The van der Waals surface area contributed by atoms with Crippen LogP contribution in [0.15, 0.2) is 48.5 Å². The lowest BCUT2D eigenvalue weighted by atomic mass is 9.99. The first-order valence-electron chi connectivity index (χ1n) is 6.67. The standard InChI is InChI=1S/C17H10Cl3N3O/c18-17(19,20)16(23)24-15(13-5-1-11(9-21)2-6-13)14-7-3-12(10-22)4-8-14/h1-8,15,23H. The lowest BCUT2D eigenvalue weighted by Gasteiger charge is -2.23.